The van der Waals surface area contributed by atoms with E-state index in [2.05, 4.69) is 30.8 Å². The molecule has 26 heavy (non-hydrogen) atoms. The highest BCUT2D eigenvalue weighted by Crippen LogP contribution is 2.27. The summed E-state index contributed by atoms with van der Waals surface area (Å²) in [5.41, 5.74) is 2.76. The molecule has 130 valence electrons. The molecule has 0 fully saturated rings. The van der Waals surface area contributed by atoms with Gasteiger partial charge in [-0.1, -0.05) is 24.3 Å². The van der Waals surface area contributed by atoms with E-state index < -0.39 is 0 Å². The van der Waals surface area contributed by atoms with Gasteiger partial charge in [0.1, 0.15) is 0 Å². The summed E-state index contributed by atoms with van der Waals surface area (Å²) in [6, 6.07) is 12.6. The molecule has 4 rings (SSSR count). The maximum absolute atomic E-state index is 12.0. The van der Waals surface area contributed by atoms with Gasteiger partial charge in [0.2, 0.25) is 5.95 Å². The highest BCUT2D eigenvalue weighted by atomic mass is 16.2. The molecule has 2 aromatic heterocycles. The zero-order chi connectivity index (χ0) is 18.1. The lowest BCUT2D eigenvalue weighted by atomic mass is 10.0. The standard InChI is InChI=1S/C18H16N6O2/c1-2-19-18(26)22-17-20-13-8-7-10(9-14(13)21-17)15-11-5-3-4-6-12(11)16(25)24-23-15/h3-9H,2H2,1H3,(H,24,25)(H3,19,20,21,22,26). The van der Waals surface area contributed by atoms with Crippen LogP contribution in [0.25, 0.3) is 33.1 Å². The van der Waals surface area contributed by atoms with Crippen molar-refractivity contribution in [1.82, 2.24) is 25.5 Å². The Labute approximate surface area is 147 Å². The molecule has 0 unspecified atom stereocenters. The second kappa shape index (κ2) is 6.32. The third-order valence-electron chi connectivity index (χ3n) is 4.02. The molecular formula is C18H16N6O2. The van der Waals surface area contributed by atoms with Crippen molar-refractivity contribution in [2.75, 3.05) is 11.9 Å². The van der Waals surface area contributed by atoms with Gasteiger partial charge in [-0.15, -0.1) is 0 Å². The monoisotopic (exact) mass is 348 g/mol. The van der Waals surface area contributed by atoms with Gasteiger partial charge >= 0.3 is 6.03 Å². The Hall–Kier alpha value is -3.68. The van der Waals surface area contributed by atoms with E-state index in [1.54, 1.807) is 6.07 Å². The molecule has 0 bridgehead atoms. The first-order valence-electron chi connectivity index (χ1n) is 8.18. The molecule has 0 saturated carbocycles. The van der Waals surface area contributed by atoms with Crippen molar-refractivity contribution in [3.05, 3.63) is 52.8 Å². The Balaban J connectivity index is 1.78. The van der Waals surface area contributed by atoms with E-state index in [1.807, 2.05) is 43.3 Å². The quantitative estimate of drug-likeness (QED) is 0.455. The van der Waals surface area contributed by atoms with Crippen molar-refractivity contribution in [2.45, 2.75) is 6.92 Å². The Morgan fingerprint density at radius 2 is 1.96 bits per heavy atom. The molecule has 2 amide bonds. The Bertz CT molecular complexity index is 1180. The predicted molar refractivity (Wildman–Crippen MR) is 100 cm³/mol. The number of hydrogen-bond donors (Lipinski definition) is 4. The molecule has 8 nitrogen and oxygen atoms in total. The van der Waals surface area contributed by atoms with Crippen LogP contribution in [0.1, 0.15) is 6.92 Å². The average Bonchev–Trinajstić information content (AvgIpc) is 3.03. The number of aromatic nitrogens is 4. The Morgan fingerprint density at radius 1 is 1.15 bits per heavy atom. The Morgan fingerprint density at radius 3 is 2.77 bits per heavy atom. The minimum Gasteiger partial charge on any atom is -0.338 e. The number of carbonyl (C=O) groups excluding carboxylic acids is 1. The fraction of sp³-hybridized carbons (Fsp3) is 0.111. The number of H-pyrrole nitrogens is 2. The first-order chi connectivity index (χ1) is 12.7. The van der Waals surface area contributed by atoms with Gasteiger partial charge in [0, 0.05) is 17.5 Å². The van der Waals surface area contributed by atoms with Crippen molar-refractivity contribution in [3.63, 3.8) is 0 Å². The number of fused-ring (bicyclic) bond motifs is 2. The van der Waals surface area contributed by atoms with Crippen LogP contribution in [-0.4, -0.2) is 32.7 Å². The third-order valence-corrected chi connectivity index (χ3v) is 4.02. The predicted octanol–water partition coefficient (Wildman–Crippen LogP) is 2.61. The molecule has 0 aliphatic carbocycles. The van der Waals surface area contributed by atoms with Gasteiger partial charge in [-0.3, -0.25) is 10.1 Å². The largest absolute Gasteiger partial charge is 0.338 e. The molecule has 0 atom stereocenters. The number of imidazole rings is 1. The van der Waals surface area contributed by atoms with Crippen LogP contribution in [0.4, 0.5) is 10.7 Å². The highest BCUT2D eigenvalue weighted by Gasteiger charge is 2.11. The minimum absolute atomic E-state index is 0.222. The van der Waals surface area contributed by atoms with Crippen LogP contribution >= 0.6 is 0 Å². The third kappa shape index (κ3) is 2.77. The number of carbonyl (C=O) groups is 1. The normalized spacial score (nSPS) is 11.0. The summed E-state index contributed by atoms with van der Waals surface area (Å²) in [4.78, 5) is 31.0. The second-order valence-corrected chi connectivity index (χ2v) is 5.75. The van der Waals surface area contributed by atoms with E-state index in [1.165, 1.54) is 0 Å². The molecular weight excluding hydrogens is 332 g/mol. The van der Waals surface area contributed by atoms with E-state index in [0.29, 0.717) is 29.1 Å². The summed E-state index contributed by atoms with van der Waals surface area (Å²) in [6.45, 7) is 2.37. The fourth-order valence-corrected chi connectivity index (χ4v) is 2.86. The number of anilines is 1. The van der Waals surface area contributed by atoms with Crippen molar-refractivity contribution < 1.29 is 4.79 Å². The molecule has 2 heterocycles. The lowest BCUT2D eigenvalue weighted by Crippen LogP contribution is -2.28. The summed E-state index contributed by atoms with van der Waals surface area (Å²) in [5, 5.41) is 13.4. The van der Waals surface area contributed by atoms with Gasteiger partial charge < -0.3 is 10.3 Å². The SMILES string of the molecule is CCNC(=O)Nc1nc2ccc(-c3n[nH]c(=O)c4ccccc34)cc2[nH]1. The Kier molecular flexibility index (Phi) is 3.85. The molecule has 0 radical (unpaired) electrons. The minimum atomic E-state index is -0.319. The number of rotatable bonds is 3. The summed E-state index contributed by atoms with van der Waals surface area (Å²) >= 11 is 0. The van der Waals surface area contributed by atoms with Crippen LogP contribution in [0.15, 0.2) is 47.3 Å². The zero-order valence-electron chi connectivity index (χ0n) is 14.0. The number of nitrogens with one attached hydrogen (secondary N) is 4. The van der Waals surface area contributed by atoms with Crippen molar-refractivity contribution in [2.24, 2.45) is 0 Å². The summed E-state index contributed by atoms with van der Waals surface area (Å²) in [5.74, 6) is 0.363. The molecule has 2 aromatic carbocycles. The number of amides is 2. The van der Waals surface area contributed by atoms with E-state index in [9.17, 15) is 9.59 Å². The summed E-state index contributed by atoms with van der Waals surface area (Å²) < 4.78 is 0. The first-order valence-corrected chi connectivity index (χ1v) is 8.18. The van der Waals surface area contributed by atoms with Crippen LogP contribution in [0.3, 0.4) is 0 Å². The van der Waals surface area contributed by atoms with E-state index in [4.69, 9.17) is 0 Å². The van der Waals surface area contributed by atoms with Crippen LogP contribution in [-0.2, 0) is 0 Å². The number of urea groups is 1. The molecule has 4 aromatic rings. The van der Waals surface area contributed by atoms with E-state index in [0.717, 1.165) is 16.5 Å². The summed E-state index contributed by atoms with van der Waals surface area (Å²) in [6.07, 6.45) is 0. The van der Waals surface area contributed by atoms with Gasteiger partial charge in [-0.25, -0.2) is 14.9 Å². The van der Waals surface area contributed by atoms with Crippen molar-refractivity contribution in [1.29, 1.82) is 0 Å². The van der Waals surface area contributed by atoms with E-state index >= 15 is 0 Å². The molecule has 4 N–H and O–H groups in total. The fourth-order valence-electron chi connectivity index (χ4n) is 2.86. The van der Waals surface area contributed by atoms with Crippen molar-refractivity contribution >= 4 is 33.8 Å². The zero-order valence-corrected chi connectivity index (χ0v) is 14.0. The molecule has 8 heteroatoms. The maximum Gasteiger partial charge on any atom is 0.321 e. The van der Waals surface area contributed by atoms with E-state index in [-0.39, 0.29) is 11.6 Å². The average molecular weight is 348 g/mol. The summed E-state index contributed by atoms with van der Waals surface area (Å²) in [7, 11) is 0. The number of nitrogens with zero attached hydrogens (tertiary/aromatic N) is 2. The topological polar surface area (TPSA) is 116 Å². The molecule has 0 aliphatic rings. The van der Waals surface area contributed by atoms with Crippen LogP contribution < -0.4 is 16.2 Å². The van der Waals surface area contributed by atoms with Crippen LogP contribution in [0, 0.1) is 0 Å². The lowest BCUT2D eigenvalue weighted by Gasteiger charge is -2.04. The smallest absolute Gasteiger partial charge is 0.321 e. The van der Waals surface area contributed by atoms with Gasteiger partial charge in [0.15, 0.2) is 0 Å². The van der Waals surface area contributed by atoms with Gasteiger partial charge in [-0.2, -0.15) is 5.10 Å². The number of aromatic amines is 2. The molecule has 0 aliphatic heterocycles. The number of hydrogen-bond acceptors (Lipinski definition) is 4. The van der Waals surface area contributed by atoms with Crippen LogP contribution in [0.2, 0.25) is 0 Å². The lowest BCUT2D eigenvalue weighted by molar-refractivity contribution is 0.252. The second-order valence-electron chi connectivity index (χ2n) is 5.75. The highest BCUT2D eigenvalue weighted by molar-refractivity contribution is 5.96. The molecule has 0 spiro atoms. The van der Waals surface area contributed by atoms with Gasteiger partial charge in [-0.05, 0) is 25.1 Å². The maximum atomic E-state index is 12.0. The van der Waals surface area contributed by atoms with Gasteiger partial charge in [0.25, 0.3) is 5.56 Å². The molecule has 0 saturated heterocycles. The van der Waals surface area contributed by atoms with Crippen molar-refractivity contribution in [3.8, 4) is 11.3 Å². The first kappa shape index (κ1) is 15.8. The number of benzene rings is 2. The van der Waals surface area contributed by atoms with Crippen LogP contribution in [0.5, 0.6) is 0 Å². The van der Waals surface area contributed by atoms with Gasteiger partial charge in [0.05, 0.1) is 22.1 Å².